The van der Waals surface area contributed by atoms with Gasteiger partial charge >= 0.3 is 12.2 Å². The van der Waals surface area contributed by atoms with E-state index in [1.165, 1.54) is 11.0 Å². The molecule has 3 heterocycles. The van der Waals surface area contributed by atoms with Gasteiger partial charge in [0.15, 0.2) is 0 Å². The van der Waals surface area contributed by atoms with Crippen LogP contribution in [-0.2, 0) is 6.18 Å². The molecule has 0 spiro atoms. The van der Waals surface area contributed by atoms with Crippen molar-refractivity contribution < 1.29 is 22.8 Å². The standard InChI is InChI=1S/C33H34F3N7O2/c1-19-4-5-21(30(44)40-28-16-23(33(34,35)36)7-8-25(28)29-18-38-32(45)43(29)3)15-26(19)20-6-9-27-22(14-20)17-37-31(41-27)39-24-10-12-42(2)13-11-24/h4-9,14-17,24,29H,10-13,18H2,1-3H3,(H,38,45)(H,40,44)(H,37,39,41). The molecule has 45 heavy (non-hydrogen) atoms. The molecular weight excluding hydrogens is 583 g/mol. The van der Waals surface area contributed by atoms with Crippen molar-refractivity contribution in [2.24, 2.45) is 0 Å². The first-order valence-electron chi connectivity index (χ1n) is 14.8. The molecule has 234 valence electrons. The second kappa shape index (κ2) is 12.0. The molecule has 3 aromatic carbocycles. The molecular formula is C33H34F3N7O2. The number of amides is 3. The lowest BCUT2D eigenvalue weighted by atomic mass is 9.96. The van der Waals surface area contributed by atoms with Crippen LogP contribution in [0.25, 0.3) is 22.0 Å². The maximum atomic E-state index is 13.6. The summed E-state index contributed by atoms with van der Waals surface area (Å²) in [7, 11) is 3.68. The number of rotatable bonds is 6. The van der Waals surface area contributed by atoms with Gasteiger partial charge < -0.3 is 25.8 Å². The highest BCUT2D eigenvalue weighted by Crippen LogP contribution is 2.37. The number of likely N-dealkylation sites (N-methyl/N-ethyl adjacent to an activating group) is 1. The highest BCUT2D eigenvalue weighted by molar-refractivity contribution is 6.05. The highest BCUT2D eigenvalue weighted by Gasteiger charge is 2.35. The van der Waals surface area contributed by atoms with E-state index in [2.05, 4.69) is 32.9 Å². The molecule has 12 heteroatoms. The van der Waals surface area contributed by atoms with Gasteiger partial charge in [-0.25, -0.2) is 14.8 Å². The number of benzene rings is 3. The molecule has 9 nitrogen and oxygen atoms in total. The van der Waals surface area contributed by atoms with E-state index in [9.17, 15) is 22.8 Å². The smallest absolute Gasteiger partial charge is 0.351 e. The number of halogens is 3. The van der Waals surface area contributed by atoms with Gasteiger partial charge in [-0.05, 0) is 93.0 Å². The number of urea groups is 1. The third kappa shape index (κ3) is 6.41. The van der Waals surface area contributed by atoms with Gasteiger partial charge in [-0.1, -0.05) is 18.2 Å². The molecule has 3 N–H and O–H groups in total. The molecule has 0 aliphatic carbocycles. The predicted octanol–water partition coefficient (Wildman–Crippen LogP) is 6.08. The van der Waals surface area contributed by atoms with Crippen molar-refractivity contribution in [3.05, 3.63) is 83.0 Å². The van der Waals surface area contributed by atoms with Crippen molar-refractivity contribution in [3.63, 3.8) is 0 Å². The summed E-state index contributed by atoms with van der Waals surface area (Å²) in [5.74, 6) is 0.0306. The van der Waals surface area contributed by atoms with Gasteiger partial charge in [-0.2, -0.15) is 13.2 Å². The van der Waals surface area contributed by atoms with Crippen molar-refractivity contribution in [2.75, 3.05) is 44.4 Å². The van der Waals surface area contributed by atoms with E-state index in [-0.39, 0.29) is 23.8 Å². The molecule has 0 bridgehead atoms. The van der Waals surface area contributed by atoms with Crippen LogP contribution in [0.4, 0.5) is 29.6 Å². The molecule has 2 aliphatic heterocycles. The minimum atomic E-state index is -4.60. The first-order valence-corrected chi connectivity index (χ1v) is 14.8. The summed E-state index contributed by atoms with van der Waals surface area (Å²) in [6, 6.07) is 13.6. The molecule has 2 aliphatic rings. The minimum Gasteiger partial charge on any atom is -0.351 e. The fraction of sp³-hybridized carbons (Fsp3) is 0.333. The van der Waals surface area contributed by atoms with Crippen LogP contribution < -0.4 is 16.0 Å². The molecule has 1 atom stereocenters. The van der Waals surface area contributed by atoms with Crippen molar-refractivity contribution in [3.8, 4) is 11.1 Å². The number of hydrogen-bond donors (Lipinski definition) is 3. The maximum Gasteiger partial charge on any atom is 0.416 e. The van der Waals surface area contributed by atoms with Gasteiger partial charge in [-0.3, -0.25) is 4.79 Å². The normalized spacial score (nSPS) is 17.9. The second-order valence-corrected chi connectivity index (χ2v) is 11.8. The Hall–Kier alpha value is -4.71. The number of likely N-dealkylation sites (tertiary alicyclic amines) is 1. The monoisotopic (exact) mass is 617 g/mol. The Kier molecular flexibility index (Phi) is 8.08. The van der Waals surface area contributed by atoms with E-state index in [0.717, 1.165) is 65.7 Å². The lowest BCUT2D eigenvalue weighted by molar-refractivity contribution is -0.137. The molecule has 2 fully saturated rings. The van der Waals surface area contributed by atoms with Gasteiger partial charge in [0, 0.05) is 48.0 Å². The van der Waals surface area contributed by atoms with Gasteiger partial charge in [0.25, 0.3) is 5.91 Å². The molecule has 1 aromatic heterocycles. The third-order valence-corrected chi connectivity index (χ3v) is 8.66. The van der Waals surface area contributed by atoms with Crippen molar-refractivity contribution in [1.29, 1.82) is 0 Å². The van der Waals surface area contributed by atoms with E-state index in [1.807, 2.05) is 25.1 Å². The zero-order valence-electron chi connectivity index (χ0n) is 25.2. The lowest BCUT2D eigenvalue weighted by Crippen LogP contribution is -2.37. The first-order chi connectivity index (χ1) is 21.5. The third-order valence-electron chi connectivity index (χ3n) is 8.66. The minimum absolute atomic E-state index is 0.00202. The van der Waals surface area contributed by atoms with E-state index in [1.54, 1.807) is 31.4 Å². The van der Waals surface area contributed by atoms with Gasteiger partial charge in [-0.15, -0.1) is 0 Å². The topological polar surface area (TPSA) is 102 Å². The maximum absolute atomic E-state index is 13.6. The van der Waals surface area contributed by atoms with Crippen molar-refractivity contribution in [2.45, 2.75) is 38.0 Å². The number of hydrogen-bond acceptors (Lipinski definition) is 6. The van der Waals surface area contributed by atoms with Gasteiger partial charge in [0.1, 0.15) is 0 Å². The van der Waals surface area contributed by atoms with E-state index in [4.69, 9.17) is 4.98 Å². The molecule has 6 rings (SSSR count). The Morgan fingerprint density at radius 1 is 1.02 bits per heavy atom. The quantitative estimate of drug-likeness (QED) is 0.243. The Balaban J connectivity index is 1.26. The SMILES string of the molecule is Cc1ccc(C(=O)Nc2cc(C(F)(F)F)ccc2C2CNC(=O)N2C)cc1-c1ccc2nc(NC3CCN(C)CC3)ncc2c1. The van der Waals surface area contributed by atoms with E-state index in [0.29, 0.717) is 17.6 Å². The second-order valence-electron chi connectivity index (χ2n) is 11.8. The van der Waals surface area contributed by atoms with Crippen LogP contribution in [0.3, 0.4) is 0 Å². The molecule has 1 unspecified atom stereocenters. The van der Waals surface area contributed by atoms with Gasteiger partial charge in [0.2, 0.25) is 5.95 Å². The van der Waals surface area contributed by atoms with Gasteiger partial charge in [0.05, 0.1) is 17.1 Å². The summed E-state index contributed by atoms with van der Waals surface area (Å²) in [5.41, 5.74) is 3.15. The molecule has 3 amide bonds. The largest absolute Gasteiger partial charge is 0.416 e. The molecule has 0 saturated carbocycles. The number of alkyl halides is 3. The number of carbonyl (C=O) groups is 2. The van der Waals surface area contributed by atoms with Crippen LogP contribution in [0, 0.1) is 6.92 Å². The highest BCUT2D eigenvalue weighted by atomic mass is 19.4. The number of aryl methyl sites for hydroxylation is 1. The zero-order valence-corrected chi connectivity index (χ0v) is 25.2. The van der Waals surface area contributed by atoms with Crippen LogP contribution in [0.1, 0.15) is 45.9 Å². The summed E-state index contributed by atoms with van der Waals surface area (Å²) in [6.45, 7) is 4.20. The fourth-order valence-corrected chi connectivity index (χ4v) is 5.91. The van der Waals surface area contributed by atoms with Crippen LogP contribution in [0.2, 0.25) is 0 Å². The zero-order chi connectivity index (χ0) is 31.9. The Bertz CT molecular complexity index is 1770. The number of fused-ring (bicyclic) bond motifs is 1. The summed E-state index contributed by atoms with van der Waals surface area (Å²) >= 11 is 0. The molecule has 0 radical (unpaired) electrons. The van der Waals surface area contributed by atoms with Crippen LogP contribution in [0.5, 0.6) is 0 Å². The summed E-state index contributed by atoms with van der Waals surface area (Å²) in [5, 5.41) is 9.66. The Labute approximate surface area is 258 Å². The number of piperidine rings is 1. The number of nitrogens with one attached hydrogen (secondary N) is 3. The number of aromatic nitrogens is 2. The Morgan fingerprint density at radius 2 is 1.80 bits per heavy atom. The van der Waals surface area contributed by atoms with Crippen molar-refractivity contribution >= 4 is 34.5 Å². The molecule has 2 saturated heterocycles. The molecule has 4 aromatic rings. The average Bonchev–Trinajstić information content (AvgIpc) is 3.35. The van der Waals surface area contributed by atoms with Crippen molar-refractivity contribution in [1.82, 2.24) is 25.1 Å². The fourth-order valence-electron chi connectivity index (χ4n) is 5.91. The van der Waals surface area contributed by atoms with E-state index >= 15 is 0 Å². The summed E-state index contributed by atoms with van der Waals surface area (Å²) < 4.78 is 40.8. The number of nitrogens with zero attached hydrogens (tertiary/aromatic N) is 4. The first kappa shape index (κ1) is 30.3. The summed E-state index contributed by atoms with van der Waals surface area (Å²) in [6.07, 6.45) is -0.759. The van der Waals surface area contributed by atoms with E-state index < -0.39 is 23.7 Å². The van der Waals surface area contributed by atoms with Crippen LogP contribution >= 0.6 is 0 Å². The number of carbonyl (C=O) groups excluding carboxylic acids is 2. The lowest BCUT2D eigenvalue weighted by Gasteiger charge is -2.29. The predicted molar refractivity (Wildman–Crippen MR) is 167 cm³/mol. The van der Waals surface area contributed by atoms with Crippen LogP contribution in [-0.4, -0.2) is 71.5 Å². The average molecular weight is 618 g/mol. The summed E-state index contributed by atoms with van der Waals surface area (Å²) in [4.78, 5) is 38.5. The van der Waals surface area contributed by atoms with Crippen LogP contribution in [0.15, 0.2) is 60.8 Å². The number of anilines is 2. The Morgan fingerprint density at radius 3 is 2.51 bits per heavy atom.